The Morgan fingerprint density at radius 3 is 2.33 bits per heavy atom. The highest BCUT2D eigenvalue weighted by Gasteiger charge is 2.63. The fourth-order valence-electron chi connectivity index (χ4n) is 10.0. The third-order valence-electron chi connectivity index (χ3n) is 12.2. The van der Waals surface area contributed by atoms with Crippen LogP contribution < -0.4 is 0 Å². The SMILES string of the molecule is CC(=O)O[C@H]1CC[C@]2(C)C3=C(CC[C@H]2C1(C)C)[C@]1(C)CC[C@H]([C@H](C)CCCC(O)C(F)F)[C@@]1(C)CC3. The van der Waals surface area contributed by atoms with Gasteiger partial charge in [-0.1, -0.05) is 65.5 Å². The summed E-state index contributed by atoms with van der Waals surface area (Å²) in [7, 11) is 0. The number of carbonyl (C=O) groups is 1. The number of aliphatic hydroxyl groups is 1. The van der Waals surface area contributed by atoms with Crippen molar-refractivity contribution in [1.29, 1.82) is 0 Å². The number of fused-ring (bicyclic) bond motifs is 4. The Hall–Kier alpha value is -0.970. The molecule has 3 nitrogen and oxygen atoms in total. The van der Waals surface area contributed by atoms with E-state index in [1.165, 1.54) is 26.2 Å². The van der Waals surface area contributed by atoms with Crippen molar-refractivity contribution >= 4 is 5.97 Å². The van der Waals surface area contributed by atoms with Crippen molar-refractivity contribution in [2.24, 2.45) is 39.4 Å². The first-order chi connectivity index (χ1) is 16.7. The lowest BCUT2D eigenvalue weighted by Gasteiger charge is -2.62. The van der Waals surface area contributed by atoms with Crippen molar-refractivity contribution in [3.63, 3.8) is 0 Å². The maximum Gasteiger partial charge on any atom is 0.302 e. The Labute approximate surface area is 217 Å². The molecule has 4 rings (SSSR count). The monoisotopic (exact) mass is 508 g/mol. The molecule has 0 heterocycles. The molecule has 0 aromatic carbocycles. The van der Waals surface area contributed by atoms with E-state index in [0.717, 1.165) is 38.5 Å². The van der Waals surface area contributed by atoms with Gasteiger partial charge in [-0.2, -0.15) is 0 Å². The highest BCUT2D eigenvalue weighted by Crippen LogP contribution is 2.72. The van der Waals surface area contributed by atoms with E-state index in [1.54, 1.807) is 11.1 Å². The predicted octanol–water partition coefficient (Wildman–Crippen LogP) is 8.10. The zero-order valence-electron chi connectivity index (χ0n) is 23.8. The van der Waals surface area contributed by atoms with E-state index in [2.05, 4.69) is 41.5 Å². The van der Waals surface area contributed by atoms with Crippen molar-refractivity contribution in [3.8, 4) is 0 Å². The van der Waals surface area contributed by atoms with Crippen LogP contribution in [0.25, 0.3) is 0 Å². The molecule has 0 aromatic rings. The maximum atomic E-state index is 12.7. The van der Waals surface area contributed by atoms with Gasteiger partial charge in [0.15, 0.2) is 0 Å². The maximum absolute atomic E-state index is 12.7. The minimum Gasteiger partial charge on any atom is -0.462 e. The molecule has 4 aliphatic rings. The molecule has 4 aliphatic carbocycles. The first-order valence-corrected chi connectivity index (χ1v) is 14.5. The summed E-state index contributed by atoms with van der Waals surface area (Å²) in [4.78, 5) is 11.8. The van der Waals surface area contributed by atoms with E-state index in [-0.39, 0.29) is 40.2 Å². The van der Waals surface area contributed by atoms with Crippen molar-refractivity contribution in [1.82, 2.24) is 0 Å². The van der Waals surface area contributed by atoms with Gasteiger partial charge in [0.1, 0.15) is 12.2 Å². The molecule has 0 aromatic heterocycles. The van der Waals surface area contributed by atoms with Crippen LogP contribution >= 0.6 is 0 Å². The topological polar surface area (TPSA) is 46.5 Å². The fourth-order valence-corrected chi connectivity index (χ4v) is 10.0. The third-order valence-corrected chi connectivity index (χ3v) is 12.2. The van der Waals surface area contributed by atoms with Crippen LogP contribution in [-0.4, -0.2) is 29.7 Å². The summed E-state index contributed by atoms with van der Waals surface area (Å²) < 4.78 is 31.3. The summed E-state index contributed by atoms with van der Waals surface area (Å²) in [6, 6.07) is 0. The Kier molecular flexibility index (Phi) is 7.52. The van der Waals surface area contributed by atoms with Gasteiger partial charge in [-0.15, -0.1) is 0 Å². The van der Waals surface area contributed by atoms with Gasteiger partial charge in [0.2, 0.25) is 0 Å². The number of alkyl halides is 2. The number of aliphatic hydroxyl groups excluding tert-OH is 1. The van der Waals surface area contributed by atoms with Gasteiger partial charge in [-0.3, -0.25) is 4.79 Å². The quantitative estimate of drug-likeness (QED) is 0.279. The lowest BCUT2D eigenvalue weighted by molar-refractivity contribution is -0.167. The molecule has 0 spiro atoms. The van der Waals surface area contributed by atoms with Crippen molar-refractivity contribution in [2.75, 3.05) is 0 Å². The number of hydrogen-bond acceptors (Lipinski definition) is 3. The summed E-state index contributed by atoms with van der Waals surface area (Å²) in [6.45, 7) is 16.1. The largest absolute Gasteiger partial charge is 0.462 e. The summed E-state index contributed by atoms with van der Waals surface area (Å²) in [5, 5.41) is 9.55. The number of rotatable bonds is 7. The Balaban J connectivity index is 1.56. The van der Waals surface area contributed by atoms with E-state index in [0.29, 0.717) is 24.2 Å². The van der Waals surface area contributed by atoms with E-state index in [1.807, 2.05) is 0 Å². The Morgan fingerprint density at radius 1 is 1.00 bits per heavy atom. The van der Waals surface area contributed by atoms with Gasteiger partial charge in [0, 0.05) is 12.3 Å². The molecule has 1 N–H and O–H groups in total. The number of ether oxygens (including phenoxy) is 1. The average molecular weight is 509 g/mol. The van der Waals surface area contributed by atoms with Gasteiger partial charge in [0.25, 0.3) is 6.43 Å². The highest BCUT2D eigenvalue weighted by molar-refractivity contribution is 5.66. The number of hydrogen-bond donors (Lipinski definition) is 1. The van der Waals surface area contributed by atoms with E-state index >= 15 is 0 Å². The molecule has 0 radical (unpaired) electrons. The second-order valence-electron chi connectivity index (χ2n) is 14.1. The summed E-state index contributed by atoms with van der Waals surface area (Å²) in [6.07, 6.45) is 6.80. The molecule has 5 heteroatoms. The summed E-state index contributed by atoms with van der Waals surface area (Å²) >= 11 is 0. The zero-order chi connectivity index (χ0) is 26.7. The molecule has 0 aliphatic heterocycles. The Bertz CT molecular complexity index is 881. The van der Waals surface area contributed by atoms with Crippen LogP contribution in [0.4, 0.5) is 8.78 Å². The lowest BCUT2D eigenvalue weighted by Crippen LogP contribution is -2.55. The van der Waals surface area contributed by atoms with Crippen LogP contribution in [0, 0.1) is 39.4 Å². The van der Waals surface area contributed by atoms with Gasteiger partial charge in [-0.05, 0) is 91.8 Å². The molecule has 206 valence electrons. The minimum absolute atomic E-state index is 0.0000298. The number of carbonyl (C=O) groups excluding carboxylic acids is 1. The van der Waals surface area contributed by atoms with Gasteiger partial charge in [0.05, 0.1) is 0 Å². The van der Waals surface area contributed by atoms with E-state index < -0.39 is 12.5 Å². The normalized spacial score (nSPS) is 41.4. The smallest absolute Gasteiger partial charge is 0.302 e. The third kappa shape index (κ3) is 4.28. The van der Waals surface area contributed by atoms with Crippen LogP contribution in [0.1, 0.15) is 119 Å². The molecule has 8 atom stereocenters. The van der Waals surface area contributed by atoms with Gasteiger partial charge in [-0.25, -0.2) is 8.78 Å². The van der Waals surface area contributed by atoms with Crippen LogP contribution in [0.15, 0.2) is 11.1 Å². The van der Waals surface area contributed by atoms with E-state index in [4.69, 9.17) is 4.74 Å². The molecule has 0 bridgehead atoms. The van der Waals surface area contributed by atoms with Crippen LogP contribution in [-0.2, 0) is 9.53 Å². The molecule has 0 amide bonds. The molecule has 36 heavy (non-hydrogen) atoms. The molecule has 2 saturated carbocycles. The second kappa shape index (κ2) is 9.65. The first-order valence-electron chi connectivity index (χ1n) is 14.5. The van der Waals surface area contributed by atoms with E-state index in [9.17, 15) is 18.7 Å². The minimum atomic E-state index is -2.64. The number of esters is 1. The molecular weight excluding hydrogens is 458 g/mol. The van der Waals surface area contributed by atoms with Crippen LogP contribution in [0.3, 0.4) is 0 Å². The molecular formula is C31H50F2O3. The second-order valence-corrected chi connectivity index (χ2v) is 14.1. The van der Waals surface area contributed by atoms with Crippen molar-refractivity contribution in [2.45, 2.75) is 138 Å². The molecule has 2 fully saturated rings. The standard InChI is InChI=1S/C31H50F2O3/c1-19(9-8-10-24(35)27(32)33)21-13-17-31(7)23-11-12-25-28(3,4)26(36-20(2)34)15-16-29(25,5)22(23)14-18-30(21,31)6/h19,21,24-27,35H,8-18H2,1-7H3/t19-,21-,24?,25+,26+,29-,30-,31+/m1/s1. The van der Waals surface area contributed by atoms with Gasteiger partial charge >= 0.3 is 5.97 Å². The fraction of sp³-hybridized carbons (Fsp3) is 0.903. The number of halogens is 2. The van der Waals surface area contributed by atoms with Crippen molar-refractivity contribution in [3.05, 3.63) is 11.1 Å². The first kappa shape index (κ1) is 28.0. The van der Waals surface area contributed by atoms with Crippen LogP contribution in [0.5, 0.6) is 0 Å². The molecule has 0 saturated heterocycles. The average Bonchev–Trinajstić information content (AvgIpc) is 3.07. The van der Waals surface area contributed by atoms with Crippen molar-refractivity contribution < 1.29 is 23.4 Å². The van der Waals surface area contributed by atoms with Crippen LogP contribution in [0.2, 0.25) is 0 Å². The predicted molar refractivity (Wildman–Crippen MR) is 140 cm³/mol. The summed E-state index contributed by atoms with van der Waals surface area (Å²) in [5.74, 6) is 1.44. The Morgan fingerprint density at radius 2 is 1.69 bits per heavy atom. The molecule has 1 unspecified atom stereocenters. The van der Waals surface area contributed by atoms with Gasteiger partial charge < -0.3 is 9.84 Å². The zero-order valence-corrected chi connectivity index (χ0v) is 23.8. The lowest BCUT2D eigenvalue weighted by atomic mass is 9.43. The number of allylic oxidation sites excluding steroid dienone is 2. The highest BCUT2D eigenvalue weighted by atomic mass is 19.3. The summed E-state index contributed by atoms with van der Waals surface area (Å²) in [5.41, 5.74) is 4.04.